The Kier molecular flexibility index (Phi) is 6.41. The van der Waals surface area contributed by atoms with Crippen molar-refractivity contribution in [2.45, 2.75) is 39.3 Å². The molecule has 1 aromatic carbocycles. The van der Waals surface area contributed by atoms with Crippen LogP contribution in [0.4, 0.5) is 5.82 Å². The van der Waals surface area contributed by atoms with Crippen LogP contribution in [0.15, 0.2) is 30.6 Å². The lowest BCUT2D eigenvalue weighted by Gasteiger charge is -2.33. The van der Waals surface area contributed by atoms with Crippen LogP contribution in [-0.4, -0.2) is 39.7 Å². The lowest BCUT2D eigenvalue weighted by molar-refractivity contribution is 0.166. The molecule has 1 aromatic heterocycles. The third kappa shape index (κ3) is 4.71. The van der Waals surface area contributed by atoms with Gasteiger partial charge in [0.25, 0.3) is 0 Å². The SMILES string of the molecule is CCOc1ccc(CN2CCC[C@@H](Cc3nccnc3N)C2)cc1CO. The Hall–Kier alpha value is -2.18. The van der Waals surface area contributed by atoms with E-state index in [4.69, 9.17) is 10.5 Å². The number of nitrogens with zero attached hydrogens (tertiary/aromatic N) is 3. The highest BCUT2D eigenvalue weighted by molar-refractivity contribution is 5.37. The highest BCUT2D eigenvalue weighted by Crippen LogP contribution is 2.25. The molecule has 1 atom stereocenters. The molecule has 1 aliphatic heterocycles. The zero-order chi connectivity index (χ0) is 18.4. The average molecular weight is 356 g/mol. The Balaban J connectivity index is 1.62. The normalized spacial score (nSPS) is 18.0. The number of benzene rings is 1. The predicted octanol–water partition coefficient (Wildman–Crippen LogP) is 2.40. The summed E-state index contributed by atoms with van der Waals surface area (Å²) in [5.74, 6) is 1.86. The first-order valence-corrected chi connectivity index (χ1v) is 9.32. The van der Waals surface area contributed by atoms with Gasteiger partial charge in [-0.05, 0) is 56.3 Å². The fraction of sp³-hybridized carbons (Fsp3) is 0.500. The Bertz CT molecular complexity index is 723. The Morgan fingerprint density at radius 1 is 1.31 bits per heavy atom. The van der Waals surface area contributed by atoms with Crippen molar-refractivity contribution >= 4 is 5.82 Å². The molecule has 2 heterocycles. The van der Waals surface area contributed by atoms with Crippen molar-refractivity contribution in [1.29, 1.82) is 0 Å². The van der Waals surface area contributed by atoms with Crippen molar-refractivity contribution in [2.75, 3.05) is 25.4 Å². The number of nitrogen functional groups attached to an aromatic ring is 1. The van der Waals surface area contributed by atoms with E-state index in [1.54, 1.807) is 12.4 Å². The molecule has 140 valence electrons. The van der Waals surface area contributed by atoms with Gasteiger partial charge in [-0.2, -0.15) is 0 Å². The van der Waals surface area contributed by atoms with E-state index >= 15 is 0 Å². The number of hydrogen-bond acceptors (Lipinski definition) is 6. The molecular formula is C20H28N4O2. The van der Waals surface area contributed by atoms with Crippen LogP contribution >= 0.6 is 0 Å². The number of nitrogens with two attached hydrogens (primary N) is 1. The highest BCUT2D eigenvalue weighted by atomic mass is 16.5. The number of rotatable bonds is 7. The molecule has 0 bridgehead atoms. The Morgan fingerprint density at radius 3 is 2.92 bits per heavy atom. The number of aromatic nitrogens is 2. The van der Waals surface area contributed by atoms with E-state index in [0.29, 0.717) is 18.3 Å². The summed E-state index contributed by atoms with van der Waals surface area (Å²) in [7, 11) is 0. The van der Waals surface area contributed by atoms with E-state index in [1.807, 2.05) is 13.0 Å². The molecule has 1 aliphatic rings. The molecule has 26 heavy (non-hydrogen) atoms. The van der Waals surface area contributed by atoms with Crippen molar-refractivity contribution in [2.24, 2.45) is 5.92 Å². The van der Waals surface area contributed by atoms with Crippen molar-refractivity contribution in [3.8, 4) is 5.75 Å². The first kappa shape index (κ1) is 18.6. The van der Waals surface area contributed by atoms with Crippen molar-refractivity contribution < 1.29 is 9.84 Å². The molecule has 0 unspecified atom stereocenters. The molecule has 6 nitrogen and oxygen atoms in total. The van der Waals surface area contributed by atoms with Crippen LogP contribution in [0.25, 0.3) is 0 Å². The predicted molar refractivity (Wildman–Crippen MR) is 102 cm³/mol. The molecule has 0 spiro atoms. The smallest absolute Gasteiger partial charge is 0.145 e. The average Bonchev–Trinajstić information content (AvgIpc) is 2.65. The summed E-state index contributed by atoms with van der Waals surface area (Å²) in [6.07, 6.45) is 6.59. The zero-order valence-corrected chi connectivity index (χ0v) is 15.4. The van der Waals surface area contributed by atoms with Crippen LogP contribution in [0, 0.1) is 5.92 Å². The van der Waals surface area contributed by atoms with Gasteiger partial charge < -0.3 is 15.6 Å². The second-order valence-electron chi connectivity index (χ2n) is 6.87. The molecule has 2 aromatic rings. The largest absolute Gasteiger partial charge is 0.494 e. The zero-order valence-electron chi connectivity index (χ0n) is 15.4. The number of likely N-dealkylation sites (tertiary alicyclic amines) is 1. The standard InChI is InChI=1S/C20H28N4O2/c1-2-26-19-6-5-16(10-17(19)14-25)13-24-9-3-4-15(12-24)11-18-20(21)23-8-7-22-18/h5-8,10,15,25H,2-4,9,11-14H2,1H3,(H2,21,23)/t15-/m0/s1. The fourth-order valence-electron chi connectivity index (χ4n) is 3.68. The summed E-state index contributed by atoms with van der Waals surface area (Å²) in [4.78, 5) is 11.0. The molecule has 1 fully saturated rings. The van der Waals surface area contributed by atoms with Gasteiger partial charge in [-0.1, -0.05) is 6.07 Å². The molecule has 3 rings (SSSR count). The van der Waals surface area contributed by atoms with Gasteiger partial charge in [0.15, 0.2) is 0 Å². The first-order chi connectivity index (χ1) is 12.7. The molecule has 0 saturated carbocycles. The minimum Gasteiger partial charge on any atom is -0.494 e. The van der Waals surface area contributed by atoms with Crippen LogP contribution in [0.3, 0.4) is 0 Å². The van der Waals surface area contributed by atoms with E-state index < -0.39 is 0 Å². The van der Waals surface area contributed by atoms with Gasteiger partial charge in [-0.15, -0.1) is 0 Å². The molecule has 3 N–H and O–H groups in total. The van der Waals surface area contributed by atoms with E-state index in [-0.39, 0.29) is 6.61 Å². The van der Waals surface area contributed by atoms with Crippen LogP contribution in [-0.2, 0) is 19.6 Å². The van der Waals surface area contributed by atoms with Crippen LogP contribution in [0.2, 0.25) is 0 Å². The maximum absolute atomic E-state index is 9.59. The topological polar surface area (TPSA) is 84.5 Å². The third-order valence-electron chi connectivity index (χ3n) is 4.89. The summed E-state index contributed by atoms with van der Waals surface area (Å²) < 4.78 is 5.57. The van der Waals surface area contributed by atoms with Gasteiger partial charge >= 0.3 is 0 Å². The Labute approximate surface area is 155 Å². The van der Waals surface area contributed by atoms with Crippen molar-refractivity contribution in [3.63, 3.8) is 0 Å². The number of aliphatic hydroxyl groups excluding tert-OH is 1. The van der Waals surface area contributed by atoms with Gasteiger partial charge in [0.2, 0.25) is 0 Å². The number of piperidine rings is 1. The van der Waals surface area contributed by atoms with Crippen molar-refractivity contribution in [1.82, 2.24) is 14.9 Å². The number of aliphatic hydroxyl groups is 1. The van der Waals surface area contributed by atoms with Gasteiger partial charge in [-0.25, -0.2) is 4.98 Å². The second-order valence-corrected chi connectivity index (χ2v) is 6.87. The van der Waals surface area contributed by atoms with Gasteiger partial charge in [0, 0.05) is 31.0 Å². The Morgan fingerprint density at radius 2 is 2.15 bits per heavy atom. The maximum atomic E-state index is 9.59. The lowest BCUT2D eigenvalue weighted by atomic mass is 9.93. The minimum absolute atomic E-state index is 0.00223. The summed E-state index contributed by atoms with van der Waals surface area (Å²) in [5.41, 5.74) is 8.91. The second kappa shape index (κ2) is 8.96. The fourth-order valence-corrected chi connectivity index (χ4v) is 3.68. The van der Waals surface area contributed by atoms with Gasteiger partial charge in [-0.3, -0.25) is 9.88 Å². The summed E-state index contributed by atoms with van der Waals surface area (Å²) in [6, 6.07) is 6.11. The number of ether oxygens (including phenoxy) is 1. The summed E-state index contributed by atoms with van der Waals surface area (Å²) in [5, 5.41) is 9.59. The van der Waals surface area contributed by atoms with Crippen LogP contribution < -0.4 is 10.5 Å². The molecule has 6 heteroatoms. The third-order valence-corrected chi connectivity index (χ3v) is 4.89. The van der Waals surface area contributed by atoms with E-state index in [0.717, 1.165) is 43.1 Å². The first-order valence-electron chi connectivity index (χ1n) is 9.32. The van der Waals surface area contributed by atoms with Crippen LogP contribution in [0.5, 0.6) is 5.75 Å². The minimum atomic E-state index is -0.00223. The molecule has 0 aliphatic carbocycles. The van der Waals surface area contributed by atoms with Crippen LogP contribution in [0.1, 0.15) is 36.6 Å². The summed E-state index contributed by atoms with van der Waals surface area (Å²) >= 11 is 0. The van der Waals surface area contributed by atoms with Gasteiger partial charge in [0.1, 0.15) is 11.6 Å². The van der Waals surface area contributed by atoms with Gasteiger partial charge in [0.05, 0.1) is 18.9 Å². The highest BCUT2D eigenvalue weighted by Gasteiger charge is 2.22. The quantitative estimate of drug-likeness (QED) is 0.792. The van der Waals surface area contributed by atoms with E-state index in [9.17, 15) is 5.11 Å². The van der Waals surface area contributed by atoms with E-state index in [2.05, 4.69) is 27.0 Å². The molecule has 0 radical (unpaired) electrons. The monoisotopic (exact) mass is 356 g/mol. The molecule has 0 amide bonds. The molecular weight excluding hydrogens is 328 g/mol. The lowest BCUT2D eigenvalue weighted by Crippen LogP contribution is -2.36. The molecule has 1 saturated heterocycles. The summed E-state index contributed by atoms with van der Waals surface area (Å²) in [6.45, 7) is 5.55. The van der Waals surface area contributed by atoms with Crippen molar-refractivity contribution in [3.05, 3.63) is 47.4 Å². The number of hydrogen-bond donors (Lipinski definition) is 2. The number of anilines is 1. The van der Waals surface area contributed by atoms with E-state index in [1.165, 1.54) is 18.4 Å². The maximum Gasteiger partial charge on any atom is 0.145 e.